The molecule has 0 aromatic carbocycles. The number of aliphatic carboxylic acids is 2. The normalized spacial score (nSPS) is 14.2. The van der Waals surface area contributed by atoms with Crippen molar-refractivity contribution < 1.29 is 19.8 Å². The van der Waals surface area contributed by atoms with Gasteiger partial charge >= 0.3 is 11.9 Å². The third-order valence-corrected chi connectivity index (χ3v) is 6.87. The molecule has 0 aromatic rings. The van der Waals surface area contributed by atoms with Gasteiger partial charge in [-0.05, 0) is 37.5 Å². The molecule has 0 aliphatic heterocycles. The Labute approximate surface area is 223 Å². The maximum absolute atomic E-state index is 10.9. The minimum absolute atomic E-state index is 0. The number of carboxylic acids is 2. The zero-order chi connectivity index (χ0) is 24.8. The maximum Gasteiger partial charge on any atom is 0.306 e. The zero-order valence-electron chi connectivity index (χ0n) is 22.8. The van der Waals surface area contributed by atoms with Gasteiger partial charge < -0.3 is 10.2 Å². The topological polar surface area (TPSA) is 74.6 Å². The van der Waals surface area contributed by atoms with Crippen LogP contribution < -0.4 is 0 Å². The molecule has 196 valence electrons. The molecule has 33 heavy (non-hydrogen) atoms. The van der Waals surface area contributed by atoms with E-state index in [4.69, 9.17) is 10.2 Å². The second kappa shape index (κ2) is 26.3. The molecule has 0 rings (SSSR count). The average Bonchev–Trinajstić information content (AvgIpc) is 2.76. The van der Waals surface area contributed by atoms with Crippen LogP contribution in [0.15, 0.2) is 0 Å². The molecular weight excluding hydrogens is 519 g/mol. The van der Waals surface area contributed by atoms with Crippen molar-refractivity contribution in [2.24, 2.45) is 23.7 Å². The van der Waals surface area contributed by atoms with Crippen molar-refractivity contribution in [3.05, 3.63) is 0 Å². The van der Waals surface area contributed by atoms with Gasteiger partial charge in [0.2, 0.25) is 0 Å². The summed E-state index contributed by atoms with van der Waals surface area (Å²) in [6, 6.07) is 0. The Morgan fingerprint density at radius 3 is 1.09 bits per heavy atom. The van der Waals surface area contributed by atoms with Crippen LogP contribution in [0.3, 0.4) is 0 Å². The Hall–Kier alpha value is -0.261. The molecule has 0 aliphatic rings. The Balaban J connectivity index is -0.000000529. The van der Waals surface area contributed by atoms with Crippen LogP contribution in [0.5, 0.6) is 0 Å². The van der Waals surface area contributed by atoms with Crippen LogP contribution in [0.2, 0.25) is 0 Å². The largest absolute Gasteiger partial charge is 0.481 e. The van der Waals surface area contributed by atoms with E-state index in [1.54, 1.807) is 0 Å². The van der Waals surface area contributed by atoms with Gasteiger partial charge in [0.1, 0.15) is 0 Å². The summed E-state index contributed by atoms with van der Waals surface area (Å²) in [6.07, 6.45) is 17.5. The summed E-state index contributed by atoms with van der Waals surface area (Å²) in [6.45, 7) is 13.1. The van der Waals surface area contributed by atoms with E-state index in [2.05, 4.69) is 41.5 Å². The first kappa shape index (κ1) is 37.3. The SMILES string of the molecule is CCCC(CCCCCC(C)CC)C(=O)O.CCCC(CCCCCC(C)CC)C(=O)O.[Sn]. The first-order valence-corrected chi connectivity index (χ1v) is 13.7. The standard InChI is InChI=1S/2C14H28O2.Sn/c2*1-4-9-13(14(15)16)11-8-6-7-10-12(3)5-2;/h2*12-13H,4-11H2,1-3H3,(H,15,16);. The Morgan fingerprint density at radius 1 is 0.545 bits per heavy atom. The van der Waals surface area contributed by atoms with Crippen molar-refractivity contribution in [3.63, 3.8) is 0 Å². The van der Waals surface area contributed by atoms with Crippen LogP contribution in [-0.4, -0.2) is 46.1 Å². The van der Waals surface area contributed by atoms with Crippen molar-refractivity contribution in [1.29, 1.82) is 0 Å². The quantitative estimate of drug-likeness (QED) is 0.113. The predicted octanol–water partition coefficient (Wildman–Crippen LogP) is 8.59. The van der Waals surface area contributed by atoms with E-state index < -0.39 is 11.9 Å². The van der Waals surface area contributed by atoms with E-state index in [0.29, 0.717) is 0 Å². The molecule has 4 radical (unpaired) electrons. The van der Waals surface area contributed by atoms with E-state index in [9.17, 15) is 9.59 Å². The van der Waals surface area contributed by atoms with Gasteiger partial charge in [0.15, 0.2) is 0 Å². The summed E-state index contributed by atoms with van der Waals surface area (Å²) in [5.41, 5.74) is 0. The monoisotopic (exact) mass is 576 g/mol. The number of rotatable bonds is 20. The minimum Gasteiger partial charge on any atom is -0.481 e. The number of carboxylic acid groups (broad SMARTS) is 2. The molecule has 0 saturated heterocycles. The second-order valence-electron chi connectivity index (χ2n) is 9.95. The molecule has 4 nitrogen and oxygen atoms in total. The molecule has 0 aliphatic carbocycles. The van der Waals surface area contributed by atoms with Gasteiger partial charge in [-0.25, -0.2) is 0 Å². The zero-order valence-corrected chi connectivity index (χ0v) is 25.7. The van der Waals surface area contributed by atoms with Crippen molar-refractivity contribution >= 4 is 35.8 Å². The first-order chi connectivity index (χ1) is 15.2. The van der Waals surface area contributed by atoms with Crippen LogP contribution in [0.25, 0.3) is 0 Å². The van der Waals surface area contributed by atoms with Crippen LogP contribution in [-0.2, 0) is 9.59 Å². The molecule has 0 spiro atoms. The van der Waals surface area contributed by atoms with E-state index >= 15 is 0 Å². The molecular formula is C28H56O4Sn. The van der Waals surface area contributed by atoms with Crippen molar-refractivity contribution in [2.45, 2.75) is 144 Å². The smallest absolute Gasteiger partial charge is 0.306 e. The number of hydrogen-bond donors (Lipinski definition) is 2. The Kier molecular flexibility index (Phi) is 29.8. The third-order valence-electron chi connectivity index (χ3n) is 6.87. The van der Waals surface area contributed by atoms with Crippen LogP contribution in [0.4, 0.5) is 0 Å². The van der Waals surface area contributed by atoms with Crippen LogP contribution >= 0.6 is 0 Å². The van der Waals surface area contributed by atoms with Crippen LogP contribution in [0.1, 0.15) is 144 Å². The second-order valence-corrected chi connectivity index (χ2v) is 9.95. The Morgan fingerprint density at radius 2 is 0.848 bits per heavy atom. The summed E-state index contributed by atoms with van der Waals surface area (Å²) >= 11 is 0. The van der Waals surface area contributed by atoms with E-state index in [1.807, 2.05) is 0 Å². The van der Waals surface area contributed by atoms with Crippen molar-refractivity contribution in [1.82, 2.24) is 0 Å². The minimum atomic E-state index is -0.608. The summed E-state index contributed by atoms with van der Waals surface area (Å²) in [7, 11) is 0. The van der Waals surface area contributed by atoms with Gasteiger partial charge in [0, 0.05) is 23.9 Å². The summed E-state index contributed by atoms with van der Waals surface area (Å²) < 4.78 is 0. The van der Waals surface area contributed by atoms with Gasteiger partial charge in [-0.1, -0.05) is 119 Å². The Bertz CT molecular complexity index is 402. The summed E-state index contributed by atoms with van der Waals surface area (Å²) in [5.74, 6) is 0.228. The summed E-state index contributed by atoms with van der Waals surface area (Å²) in [4.78, 5) is 21.8. The van der Waals surface area contributed by atoms with Gasteiger partial charge in [-0.3, -0.25) is 9.59 Å². The molecule has 0 bridgehead atoms. The maximum atomic E-state index is 10.9. The number of hydrogen-bond acceptors (Lipinski definition) is 2. The molecule has 2 N–H and O–H groups in total. The molecule has 0 saturated carbocycles. The van der Waals surface area contributed by atoms with E-state index in [-0.39, 0.29) is 35.7 Å². The molecule has 0 amide bonds. The molecule has 0 aromatic heterocycles. The summed E-state index contributed by atoms with van der Waals surface area (Å²) in [5, 5.41) is 18.0. The van der Waals surface area contributed by atoms with Gasteiger partial charge in [-0.2, -0.15) is 0 Å². The van der Waals surface area contributed by atoms with E-state index in [0.717, 1.165) is 63.2 Å². The fraction of sp³-hybridized carbons (Fsp3) is 0.929. The fourth-order valence-corrected chi connectivity index (χ4v) is 4.01. The first-order valence-electron chi connectivity index (χ1n) is 13.7. The average molecular weight is 575 g/mol. The molecule has 4 unspecified atom stereocenters. The van der Waals surface area contributed by atoms with Gasteiger partial charge in [0.25, 0.3) is 0 Å². The molecule has 4 atom stereocenters. The predicted molar refractivity (Wildman–Crippen MR) is 143 cm³/mol. The number of carbonyl (C=O) groups is 2. The number of unbranched alkanes of at least 4 members (excludes halogenated alkanes) is 4. The van der Waals surface area contributed by atoms with Crippen molar-refractivity contribution in [3.8, 4) is 0 Å². The molecule has 0 heterocycles. The third kappa shape index (κ3) is 24.7. The van der Waals surface area contributed by atoms with Gasteiger partial charge in [-0.15, -0.1) is 0 Å². The van der Waals surface area contributed by atoms with Crippen molar-refractivity contribution in [2.75, 3.05) is 0 Å². The fourth-order valence-electron chi connectivity index (χ4n) is 4.01. The molecule has 0 fully saturated rings. The molecule has 5 heteroatoms. The van der Waals surface area contributed by atoms with Crippen LogP contribution in [0, 0.1) is 23.7 Å². The van der Waals surface area contributed by atoms with E-state index in [1.165, 1.54) is 51.4 Å². The van der Waals surface area contributed by atoms with Gasteiger partial charge in [0.05, 0.1) is 11.8 Å².